The maximum absolute atomic E-state index is 12.7. The summed E-state index contributed by atoms with van der Waals surface area (Å²) in [7, 11) is 5.85. The van der Waals surface area contributed by atoms with E-state index in [0.717, 1.165) is 18.5 Å². The summed E-state index contributed by atoms with van der Waals surface area (Å²) in [4.78, 5) is 28.7. The summed E-state index contributed by atoms with van der Waals surface area (Å²) in [5.41, 5.74) is 2.21. The Hall–Kier alpha value is -1.88. The second-order valence-electron chi connectivity index (χ2n) is 6.95. The minimum atomic E-state index is -0.185. The molecule has 0 aromatic heterocycles. The lowest BCUT2D eigenvalue weighted by molar-refractivity contribution is -0.141. The van der Waals surface area contributed by atoms with Crippen LogP contribution in [-0.2, 0) is 9.59 Å². The van der Waals surface area contributed by atoms with Gasteiger partial charge in [0.15, 0.2) is 0 Å². The van der Waals surface area contributed by atoms with Crippen molar-refractivity contribution in [3.8, 4) is 0 Å². The van der Waals surface area contributed by atoms with Gasteiger partial charge in [-0.05, 0) is 46.0 Å². The Morgan fingerprint density at radius 1 is 1.29 bits per heavy atom. The van der Waals surface area contributed by atoms with Crippen LogP contribution in [0.25, 0.3) is 0 Å². The second kappa shape index (κ2) is 8.29. The van der Waals surface area contributed by atoms with Crippen LogP contribution >= 0.6 is 0 Å². The summed E-state index contributed by atoms with van der Waals surface area (Å²) >= 11 is 0. The molecule has 1 aliphatic rings. The van der Waals surface area contributed by atoms with Gasteiger partial charge >= 0.3 is 0 Å². The summed E-state index contributed by atoms with van der Waals surface area (Å²) in [5.74, 6) is -0.0225. The lowest BCUT2D eigenvalue weighted by Crippen LogP contribution is -2.46. The van der Waals surface area contributed by atoms with Crippen molar-refractivity contribution in [2.24, 2.45) is 5.92 Å². The predicted octanol–water partition coefficient (Wildman–Crippen LogP) is 1.97. The van der Waals surface area contributed by atoms with E-state index in [9.17, 15) is 9.59 Å². The van der Waals surface area contributed by atoms with E-state index >= 15 is 0 Å². The first-order chi connectivity index (χ1) is 11.4. The number of carbonyl (C=O) groups excluding carboxylic acids is 2. The third kappa shape index (κ3) is 4.57. The minimum absolute atomic E-state index is 0.0543. The number of nitrogens with one attached hydrogen (secondary N) is 1. The standard InChI is InChI=1S/C19H29N3O2/c1-14-6-8-15(9-7-14)18-16(10-11-17(23)22(18)4)19(24)20-12-5-13-21(2)3/h6-9,16,18H,5,10-13H2,1-4H3,(H,20,24)/t16-,18+/m0/s1. The van der Waals surface area contributed by atoms with E-state index in [1.807, 2.05) is 45.3 Å². The molecule has 1 fully saturated rings. The lowest BCUT2D eigenvalue weighted by Gasteiger charge is -2.38. The van der Waals surface area contributed by atoms with E-state index in [1.165, 1.54) is 5.56 Å². The maximum atomic E-state index is 12.7. The van der Waals surface area contributed by atoms with Gasteiger partial charge in [-0.1, -0.05) is 29.8 Å². The predicted molar refractivity (Wildman–Crippen MR) is 95.6 cm³/mol. The molecule has 0 saturated carbocycles. The fourth-order valence-corrected chi connectivity index (χ4v) is 3.27. The SMILES string of the molecule is Cc1ccc([C@@H]2[C@@H](C(=O)NCCCN(C)C)CCC(=O)N2C)cc1. The first kappa shape index (κ1) is 18.5. The monoisotopic (exact) mass is 331 g/mol. The van der Waals surface area contributed by atoms with Crippen LogP contribution in [0.1, 0.15) is 36.4 Å². The van der Waals surface area contributed by atoms with Crippen LogP contribution in [0.4, 0.5) is 0 Å². The van der Waals surface area contributed by atoms with Gasteiger partial charge in [-0.2, -0.15) is 0 Å². The quantitative estimate of drug-likeness (QED) is 0.811. The first-order valence-electron chi connectivity index (χ1n) is 8.65. The summed E-state index contributed by atoms with van der Waals surface area (Å²) in [6.07, 6.45) is 1.98. The van der Waals surface area contributed by atoms with Gasteiger partial charge in [0.1, 0.15) is 0 Å². The van der Waals surface area contributed by atoms with E-state index in [2.05, 4.69) is 10.2 Å². The molecule has 1 N–H and O–H groups in total. The normalized spacial score (nSPS) is 21.2. The second-order valence-corrected chi connectivity index (χ2v) is 6.95. The van der Waals surface area contributed by atoms with Crippen molar-refractivity contribution in [1.29, 1.82) is 0 Å². The molecule has 0 aliphatic carbocycles. The smallest absolute Gasteiger partial charge is 0.225 e. The largest absolute Gasteiger partial charge is 0.356 e. The molecule has 1 aromatic rings. The molecule has 0 bridgehead atoms. The number of aryl methyl sites for hydroxylation is 1. The number of hydrogen-bond donors (Lipinski definition) is 1. The number of amides is 2. The summed E-state index contributed by atoms with van der Waals surface area (Å²) in [5, 5.41) is 3.05. The molecular weight excluding hydrogens is 302 g/mol. The molecule has 5 nitrogen and oxygen atoms in total. The van der Waals surface area contributed by atoms with Gasteiger partial charge in [-0.3, -0.25) is 9.59 Å². The maximum Gasteiger partial charge on any atom is 0.225 e. The lowest BCUT2D eigenvalue weighted by atomic mass is 9.83. The van der Waals surface area contributed by atoms with Crippen LogP contribution in [-0.4, -0.2) is 55.8 Å². The van der Waals surface area contributed by atoms with Gasteiger partial charge in [0.25, 0.3) is 0 Å². The Morgan fingerprint density at radius 2 is 1.96 bits per heavy atom. The van der Waals surface area contributed by atoms with Crippen LogP contribution < -0.4 is 5.32 Å². The van der Waals surface area contributed by atoms with Crippen LogP contribution in [0.2, 0.25) is 0 Å². The molecule has 1 heterocycles. The number of hydrogen-bond acceptors (Lipinski definition) is 3. The number of carbonyl (C=O) groups is 2. The molecule has 1 saturated heterocycles. The van der Waals surface area contributed by atoms with Crippen molar-refractivity contribution in [1.82, 2.24) is 15.1 Å². The molecule has 132 valence electrons. The highest BCUT2D eigenvalue weighted by atomic mass is 16.2. The molecule has 0 unspecified atom stereocenters. The topological polar surface area (TPSA) is 52.7 Å². The van der Waals surface area contributed by atoms with E-state index in [-0.39, 0.29) is 23.8 Å². The molecule has 2 atom stereocenters. The van der Waals surface area contributed by atoms with Crippen molar-refractivity contribution in [2.75, 3.05) is 34.2 Å². The van der Waals surface area contributed by atoms with Gasteiger partial charge in [0.2, 0.25) is 11.8 Å². The fraction of sp³-hybridized carbons (Fsp3) is 0.579. The Balaban J connectivity index is 2.08. The Morgan fingerprint density at radius 3 is 2.58 bits per heavy atom. The number of rotatable bonds is 6. The number of likely N-dealkylation sites (tertiary alicyclic amines) is 1. The van der Waals surface area contributed by atoms with Crippen LogP contribution in [0.5, 0.6) is 0 Å². The number of nitrogens with zero attached hydrogens (tertiary/aromatic N) is 2. The van der Waals surface area contributed by atoms with Crippen molar-refractivity contribution >= 4 is 11.8 Å². The van der Waals surface area contributed by atoms with Crippen molar-refractivity contribution in [2.45, 2.75) is 32.2 Å². The highest BCUT2D eigenvalue weighted by molar-refractivity contribution is 5.84. The van der Waals surface area contributed by atoms with Gasteiger partial charge in [0.05, 0.1) is 12.0 Å². The first-order valence-corrected chi connectivity index (χ1v) is 8.65. The Labute approximate surface area is 145 Å². The average molecular weight is 331 g/mol. The van der Waals surface area contributed by atoms with Gasteiger partial charge in [-0.15, -0.1) is 0 Å². The van der Waals surface area contributed by atoms with Crippen molar-refractivity contribution < 1.29 is 9.59 Å². The molecule has 2 rings (SSSR count). The van der Waals surface area contributed by atoms with E-state index in [0.29, 0.717) is 19.4 Å². The molecule has 5 heteroatoms. The third-order valence-corrected chi connectivity index (χ3v) is 4.70. The zero-order valence-electron chi connectivity index (χ0n) is 15.2. The molecule has 1 aliphatic heterocycles. The van der Waals surface area contributed by atoms with Crippen LogP contribution in [0, 0.1) is 12.8 Å². The minimum Gasteiger partial charge on any atom is -0.356 e. The zero-order chi connectivity index (χ0) is 17.7. The van der Waals surface area contributed by atoms with Crippen LogP contribution in [0.15, 0.2) is 24.3 Å². The third-order valence-electron chi connectivity index (χ3n) is 4.70. The van der Waals surface area contributed by atoms with Gasteiger partial charge in [0, 0.05) is 20.0 Å². The Bertz CT molecular complexity index is 568. The van der Waals surface area contributed by atoms with Gasteiger partial charge in [-0.25, -0.2) is 0 Å². The fourth-order valence-electron chi connectivity index (χ4n) is 3.27. The Kier molecular flexibility index (Phi) is 6.37. The molecule has 1 aromatic carbocycles. The molecular formula is C19H29N3O2. The van der Waals surface area contributed by atoms with Gasteiger partial charge < -0.3 is 15.1 Å². The summed E-state index contributed by atoms with van der Waals surface area (Å²) < 4.78 is 0. The highest BCUT2D eigenvalue weighted by Gasteiger charge is 2.38. The van der Waals surface area contributed by atoms with E-state index in [1.54, 1.807) is 11.9 Å². The molecule has 0 radical (unpaired) electrons. The average Bonchev–Trinajstić information content (AvgIpc) is 2.54. The number of piperidine rings is 1. The summed E-state index contributed by atoms with van der Waals surface area (Å²) in [6, 6.07) is 7.95. The molecule has 0 spiro atoms. The van der Waals surface area contributed by atoms with Crippen molar-refractivity contribution in [3.05, 3.63) is 35.4 Å². The van der Waals surface area contributed by atoms with Crippen LogP contribution in [0.3, 0.4) is 0 Å². The zero-order valence-corrected chi connectivity index (χ0v) is 15.2. The molecule has 24 heavy (non-hydrogen) atoms. The summed E-state index contributed by atoms with van der Waals surface area (Å²) in [6.45, 7) is 3.66. The van der Waals surface area contributed by atoms with E-state index < -0.39 is 0 Å². The van der Waals surface area contributed by atoms with E-state index in [4.69, 9.17) is 0 Å². The molecule has 2 amide bonds. The highest BCUT2D eigenvalue weighted by Crippen LogP contribution is 2.35. The number of benzene rings is 1. The van der Waals surface area contributed by atoms with Crippen molar-refractivity contribution in [3.63, 3.8) is 0 Å².